The largest absolute Gasteiger partial charge is 0.497 e. The Morgan fingerprint density at radius 3 is 2.43 bits per heavy atom. The number of nitrogens with zero attached hydrogens (tertiary/aromatic N) is 2. The molecule has 0 bridgehead atoms. The first-order valence-corrected chi connectivity index (χ1v) is 10.1. The molecule has 30 heavy (non-hydrogen) atoms. The summed E-state index contributed by atoms with van der Waals surface area (Å²) in [4.78, 5) is 4.79. The van der Waals surface area contributed by atoms with E-state index >= 15 is 0 Å². The van der Waals surface area contributed by atoms with Gasteiger partial charge < -0.3 is 18.8 Å². The number of hydrogen-bond acceptors (Lipinski definition) is 4. The SMILES string of the molecule is COc1ccc(OCCCn2c(COc3cccc(C)c3)nc3ccccc32)cc1. The highest BCUT2D eigenvalue weighted by Gasteiger charge is 2.11. The monoisotopic (exact) mass is 402 g/mol. The van der Waals surface area contributed by atoms with Gasteiger partial charge in [0.2, 0.25) is 0 Å². The van der Waals surface area contributed by atoms with Crippen molar-refractivity contribution in [2.45, 2.75) is 26.5 Å². The maximum absolute atomic E-state index is 6.01. The van der Waals surface area contributed by atoms with Crippen LogP contribution in [-0.4, -0.2) is 23.3 Å². The topological polar surface area (TPSA) is 45.5 Å². The molecule has 0 aliphatic rings. The van der Waals surface area contributed by atoms with Crippen molar-refractivity contribution < 1.29 is 14.2 Å². The number of benzene rings is 3. The number of aryl methyl sites for hydroxylation is 2. The zero-order valence-corrected chi connectivity index (χ0v) is 17.4. The van der Waals surface area contributed by atoms with Crippen LogP contribution in [0.4, 0.5) is 0 Å². The first kappa shape index (κ1) is 19.8. The fourth-order valence-electron chi connectivity index (χ4n) is 3.42. The van der Waals surface area contributed by atoms with E-state index in [-0.39, 0.29) is 0 Å². The molecule has 0 aliphatic carbocycles. The van der Waals surface area contributed by atoms with Crippen LogP contribution < -0.4 is 14.2 Å². The maximum atomic E-state index is 6.01. The van der Waals surface area contributed by atoms with Crippen molar-refractivity contribution in [2.75, 3.05) is 13.7 Å². The molecule has 0 unspecified atom stereocenters. The number of ether oxygens (including phenoxy) is 3. The highest BCUT2D eigenvalue weighted by atomic mass is 16.5. The zero-order valence-electron chi connectivity index (χ0n) is 17.4. The van der Waals surface area contributed by atoms with Crippen LogP contribution in [0.3, 0.4) is 0 Å². The molecule has 0 fully saturated rings. The van der Waals surface area contributed by atoms with Gasteiger partial charge in [-0.2, -0.15) is 0 Å². The van der Waals surface area contributed by atoms with Crippen molar-refractivity contribution in [1.29, 1.82) is 0 Å². The standard InChI is InChI=1S/C25H26N2O3/c1-19-7-5-8-22(17-19)30-18-25-26-23-9-3-4-10-24(23)27(25)15-6-16-29-21-13-11-20(28-2)12-14-21/h3-5,7-14,17H,6,15-16,18H2,1-2H3. The van der Waals surface area contributed by atoms with E-state index in [0.29, 0.717) is 13.2 Å². The number of methoxy groups -OCH3 is 1. The van der Waals surface area contributed by atoms with Crippen molar-refractivity contribution >= 4 is 11.0 Å². The summed E-state index contributed by atoms with van der Waals surface area (Å²) in [6.07, 6.45) is 0.865. The summed E-state index contributed by atoms with van der Waals surface area (Å²) in [5.74, 6) is 3.44. The lowest BCUT2D eigenvalue weighted by Crippen LogP contribution is -2.10. The number of rotatable bonds is 9. The van der Waals surface area contributed by atoms with Gasteiger partial charge in [0.05, 0.1) is 24.8 Å². The Hall–Kier alpha value is -3.47. The Morgan fingerprint density at radius 1 is 0.833 bits per heavy atom. The van der Waals surface area contributed by atoms with Crippen LogP contribution in [0, 0.1) is 6.92 Å². The highest BCUT2D eigenvalue weighted by molar-refractivity contribution is 5.75. The molecule has 0 saturated carbocycles. The molecule has 0 amide bonds. The molecule has 1 aromatic heterocycles. The van der Waals surface area contributed by atoms with Gasteiger partial charge in [-0.3, -0.25) is 0 Å². The van der Waals surface area contributed by atoms with Gasteiger partial charge in [-0.1, -0.05) is 24.3 Å². The second-order valence-electron chi connectivity index (χ2n) is 7.15. The van der Waals surface area contributed by atoms with Gasteiger partial charge in [-0.15, -0.1) is 0 Å². The first-order valence-electron chi connectivity index (χ1n) is 10.1. The lowest BCUT2D eigenvalue weighted by Gasteiger charge is -2.12. The molecular weight excluding hydrogens is 376 g/mol. The summed E-state index contributed by atoms with van der Waals surface area (Å²) in [6.45, 7) is 3.92. The van der Waals surface area contributed by atoms with E-state index in [4.69, 9.17) is 19.2 Å². The Bertz CT molecular complexity index is 1100. The van der Waals surface area contributed by atoms with Crippen molar-refractivity contribution in [3.05, 3.63) is 84.2 Å². The molecule has 1 heterocycles. The summed E-state index contributed by atoms with van der Waals surface area (Å²) in [7, 11) is 1.66. The summed E-state index contributed by atoms with van der Waals surface area (Å²) in [5.41, 5.74) is 3.28. The van der Waals surface area contributed by atoms with Gasteiger partial charge in [0.15, 0.2) is 0 Å². The Labute approximate surface area is 176 Å². The van der Waals surface area contributed by atoms with Crippen LogP contribution in [-0.2, 0) is 13.2 Å². The molecule has 0 radical (unpaired) electrons. The van der Waals surface area contributed by atoms with Crippen LogP contribution in [0.2, 0.25) is 0 Å². The number of hydrogen-bond donors (Lipinski definition) is 0. The summed E-state index contributed by atoms with van der Waals surface area (Å²) >= 11 is 0. The van der Waals surface area contributed by atoms with Crippen LogP contribution in [0.25, 0.3) is 11.0 Å². The third-order valence-electron chi connectivity index (χ3n) is 4.95. The highest BCUT2D eigenvalue weighted by Crippen LogP contribution is 2.20. The average Bonchev–Trinajstić information content (AvgIpc) is 3.13. The molecule has 4 rings (SSSR count). The Morgan fingerprint density at radius 2 is 1.63 bits per heavy atom. The molecule has 0 N–H and O–H groups in total. The van der Waals surface area contributed by atoms with Crippen molar-refractivity contribution in [1.82, 2.24) is 9.55 Å². The normalized spacial score (nSPS) is 10.9. The maximum Gasteiger partial charge on any atom is 0.147 e. The second-order valence-corrected chi connectivity index (χ2v) is 7.15. The molecule has 0 aliphatic heterocycles. The van der Waals surface area contributed by atoms with Gasteiger partial charge >= 0.3 is 0 Å². The van der Waals surface area contributed by atoms with Gasteiger partial charge in [-0.25, -0.2) is 4.98 Å². The predicted molar refractivity (Wildman–Crippen MR) is 118 cm³/mol. The minimum absolute atomic E-state index is 0.428. The molecule has 0 spiro atoms. The summed E-state index contributed by atoms with van der Waals surface area (Å²) in [6, 6.07) is 23.9. The van der Waals surface area contributed by atoms with Gasteiger partial charge in [-0.05, 0) is 67.4 Å². The van der Waals surface area contributed by atoms with Crippen LogP contribution in [0.1, 0.15) is 17.8 Å². The van der Waals surface area contributed by atoms with Gasteiger partial charge in [0.25, 0.3) is 0 Å². The average molecular weight is 402 g/mol. The predicted octanol–water partition coefficient (Wildman–Crippen LogP) is 5.40. The van der Waals surface area contributed by atoms with Crippen molar-refractivity contribution in [2.24, 2.45) is 0 Å². The van der Waals surface area contributed by atoms with E-state index in [1.165, 1.54) is 5.56 Å². The summed E-state index contributed by atoms with van der Waals surface area (Å²) in [5, 5.41) is 0. The van der Waals surface area contributed by atoms with E-state index < -0.39 is 0 Å². The van der Waals surface area contributed by atoms with Crippen molar-refractivity contribution in [3.8, 4) is 17.2 Å². The molecule has 5 heteroatoms. The van der Waals surface area contributed by atoms with Crippen LogP contribution in [0.5, 0.6) is 17.2 Å². The molecule has 5 nitrogen and oxygen atoms in total. The fourth-order valence-corrected chi connectivity index (χ4v) is 3.42. The number of fused-ring (bicyclic) bond motifs is 1. The number of aromatic nitrogens is 2. The van der Waals surface area contributed by atoms with E-state index in [2.05, 4.69) is 23.6 Å². The summed E-state index contributed by atoms with van der Waals surface area (Å²) < 4.78 is 19.3. The minimum atomic E-state index is 0.428. The smallest absolute Gasteiger partial charge is 0.147 e. The molecule has 0 atom stereocenters. The van der Waals surface area contributed by atoms with E-state index in [1.54, 1.807) is 7.11 Å². The first-order chi connectivity index (χ1) is 14.7. The quantitative estimate of drug-likeness (QED) is 0.352. The zero-order chi connectivity index (χ0) is 20.8. The second kappa shape index (κ2) is 9.35. The number of para-hydroxylation sites is 2. The van der Waals surface area contributed by atoms with Gasteiger partial charge in [0.1, 0.15) is 29.7 Å². The fraction of sp³-hybridized carbons (Fsp3) is 0.240. The lowest BCUT2D eigenvalue weighted by molar-refractivity contribution is 0.280. The molecule has 4 aromatic rings. The Balaban J connectivity index is 1.41. The molecule has 0 saturated heterocycles. The third kappa shape index (κ3) is 4.74. The number of imidazole rings is 1. The Kier molecular flexibility index (Phi) is 6.18. The van der Waals surface area contributed by atoms with Crippen LogP contribution >= 0.6 is 0 Å². The molecule has 154 valence electrons. The van der Waals surface area contributed by atoms with Gasteiger partial charge in [0, 0.05) is 6.54 Å². The van der Waals surface area contributed by atoms with E-state index in [0.717, 1.165) is 47.1 Å². The lowest BCUT2D eigenvalue weighted by atomic mass is 10.2. The molecular formula is C25H26N2O3. The van der Waals surface area contributed by atoms with Crippen LogP contribution in [0.15, 0.2) is 72.8 Å². The van der Waals surface area contributed by atoms with E-state index in [1.807, 2.05) is 60.7 Å². The minimum Gasteiger partial charge on any atom is -0.497 e. The van der Waals surface area contributed by atoms with E-state index in [9.17, 15) is 0 Å². The van der Waals surface area contributed by atoms with Crippen molar-refractivity contribution in [3.63, 3.8) is 0 Å². The molecule has 3 aromatic carbocycles. The third-order valence-corrected chi connectivity index (χ3v) is 4.95.